The van der Waals surface area contributed by atoms with Gasteiger partial charge in [0.1, 0.15) is 41.0 Å². The number of nitrogens with zero attached hydrogens (tertiary/aromatic N) is 8. The van der Waals surface area contributed by atoms with Crippen LogP contribution in [0.3, 0.4) is 0 Å². The molecule has 12 rings (SSSR count). The van der Waals surface area contributed by atoms with Crippen LogP contribution < -0.4 is 9.80 Å². The Hall–Kier alpha value is -7.73. The molecule has 416 valence electrons. The van der Waals surface area contributed by atoms with Gasteiger partial charge < -0.3 is 19.3 Å². The summed E-state index contributed by atoms with van der Waals surface area (Å²) in [4.78, 5) is 97.1. The standard InChI is InChI=1S/C23H22ClN3O2.C20H17ClN2O3.C19H20BrN3O3/c1-14(2)7-10-16(28)13-19-17-5-3-4-6-18(17)23(29)27(19)21-12-9-15-8-11-20(24)25-22(15)26-21;1-13-10-18(24)23-12-19(25)22(2)17-9-8-15(21)11-16(17)20(23,26-13)14-6-4-3-5-7-14;1-19(2,3)26-18(25)15-16-13-8-5-9-22(13)17(24)14-11(20)6-4-7-12(14)23(16)10-21-15/h3-6,8-9,11-12,14,19H,7,10,13H2,1-2H3;3-11H,12H2,1-2H3;4,6-7,10,13H,5,8-9H2,1-3H3/t;;13-/m..0/s1. The third-order valence-corrected chi connectivity index (χ3v) is 15.8. The molecule has 1 saturated heterocycles. The van der Waals surface area contributed by atoms with Crippen molar-refractivity contribution in [3.63, 3.8) is 0 Å². The quantitative estimate of drug-likeness (QED) is 0.104. The zero-order chi connectivity index (χ0) is 57.7. The fourth-order valence-corrected chi connectivity index (χ4v) is 11.9. The largest absolute Gasteiger partial charge is 0.464 e. The Balaban J connectivity index is 0.000000137. The van der Waals surface area contributed by atoms with Gasteiger partial charge in [0.05, 0.1) is 34.7 Å². The molecule has 5 aliphatic rings. The summed E-state index contributed by atoms with van der Waals surface area (Å²) in [6, 6.07) is 34.5. The molecule has 0 bridgehead atoms. The summed E-state index contributed by atoms with van der Waals surface area (Å²) >= 11 is 15.8. The molecule has 8 heterocycles. The molecule has 81 heavy (non-hydrogen) atoms. The number of benzene rings is 4. The summed E-state index contributed by atoms with van der Waals surface area (Å²) < 4.78 is 14.5. The van der Waals surface area contributed by atoms with E-state index < -0.39 is 17.3 Å². The van der Waals surface area contributed by atoms with Crippen molar-refractivity contribution in [2.24, 2.45) is 5.92 Å². The maximum Gasteiger partial charge on any atom is 0.359 e. The van der Waals surface area contributed by atoms with Crippen molar-refractivity contribution in [2.45, 2.75) is 97.1 Å². The predicted molar refractivity (Wildman–Crippen MR) is 312 cm³/mol. The van der Waals surface area contributed by atoms with Gasteiger partial charge in [0.15, 0.2) is 11.3 Å². The molecular formula is C62H59BrCl2N8O8. The summed E-state index contributed by atoms with van der Waals surface area (Å²) in [6.45, 7) is 12.0. The van der Waals surface area contributed by atoms with Crippen LogP contribution in [0.4, 0.5) is 11.5 Å². The van der Waals surface area contributed by atoms with Crippen molar-refractivity contribution in [3.05, 3.63) is 187 Å². The Labute approximate surface area is 487 Å². The lowest BCUT2D eigenvalue weighted by atomic mass is 9.90. The van der Waals surface area contributed by atoms with E-state index in [0.29, 0.717) is 68.7 Å². The second-order valence-corrected chi connectivity index (χ2v) is 23.5. The first-order valence-electron chi connectivity index (χ1n) is 26.7. The number of Topliss-reactive ketones (excluding diaryl/α,β-unsaturated/α-hetero) is 1. The number of carbonyl (C=O) groups excluding carboxylic acids is 6. The van der Waals surface area contributed by atoms with Crippen LogP contribution in [0.25, 0.3) is 16.7 Å². The maximum absolute atomic E-state index is 13.2. The maximum atomic E-state index is 13.2. The third kappa shape index (κ3) is 11.0. The first-order chi connectivity index (χ1) is 38.6. The van der Waals surface area contributed by atoms with Gasteiger partial charge >= 0.3 is 5.97 Å². The second-order valence-electron chi connectivity index (χ2n) is 21.9. The molecule has 3 atom stereocenters. The smallest absolute Gasteiger partial charge is 0.359 e. The van der Waals surface area contributed by atoms with Crippen LogP contribution >= 0.6 is 39.1 Å². The molecule has 4 amide bonds. The molecule has 7 aromatic rings. The summed E-state index contributed by atoms with van der Waals surface area (Å²) in [7, 11) is 1.69. The Morgan fingerprint density at radius 3 is 2.37 bits per heavy atom. The van der Waals surface area contributed by atoms with Gasteiger partial charge in [-0.2, -0.15) is 0 Å². The molecule has 0 saturated carbocycles. The van der Waals surface area contributed by atoms with E-state index in [1.807, 2.05) is 109 Å². The fraction of sp³-hybridized carbons (Fsp3) is 0.306. The SMILES string of the molecule is CC(C)(C)OC(=O)c1ncn2c1[C@@H]1CCCN1C(=O)c1c(Br)cccc1-2.CC(C)CCC(=O)CC1c2ccccc2C(=O)N1c1ccc2ccc(Cl)nc2n1.CC1=CC(=O)N2CC(=O)N(C)c3ccc(Cl)cc3C2(c2ccccc2)O1. The zero-order valence-corrected chi connectivity index (χ0v) is 48.9. The highest BCUT2D eigenvalue weighted by Crippen LogP contribution is 2.48. The van der Waals surface area contributed by atoms with E-state index in [-0.39, 0.29) is 60.2 Å². The number of amides is 4. The van der Waals surface area contributed by atoms with Gasteiger partial charge in [0, 0.05) is 64.1 Å². The topological polar surface area (TPSA) is 177 Å². The van der Waals surface area contributed by atoms with Crippen molar-refractivity contribution in [3.8, 4) is 5.69 Å². The van der Waals surface area contributed by atoms with Crippen LogP contribution in [0, 0.1) is 5.92 Å². The highest BCUT2D eigenvalue weighted by molar-refractivity contribution is 9.10. The lowest BCUT2D eigenvalue weighted by Crippen LogP contribution is -2.54. The molecule has 0 aliphatic carbocycles. The molecule has 19 heteroatoms. The first kappa shape index (κ1) is 56.5. The third-order valence-electron chi connectivity index (χ3n) is 14.7. The minimum absolute atomic E-state index is 0.0196. The van der Waals surface area contributed by atoms with Gasteiger partial charge in [-0.15, -0.1) is 0 Å². The van der Waals surface area contributed by atoms with Crippen molar-refractivity contribution >= 4 is 97.1 Å². The molecule has 0 radical (unpaired) electrons. The molecule has 4 aromatic carbocycles. The number of ketones is 1. The average Bonchev–Trinajstić information content (AvgIpc) is 3.02. The minimum atomic E-state index is -1.25. The molecule has 0 N–H and O–H groups in total. The molecule has 5 aliphatic heterocycles. The van der Waals surface area contributed by atoms with Crippen molar-refractivity contribution < 1.29 is 38.2 Å². The number of hydrogen-bond acceptors (Lipinski definition) is 11. The van der Waals surface area contributed by atoms with Crippen LogP contribution in [0.5, 0.6) is 0 Å². The van der Waals surface area contributed by atoms with E-state index in [9.17, 15) is 28.8 Å². The molecule has 16 nitrogen and oxygen atoms in total. The predicted octanol–water partition coefficient (Wildman–Crippen LogP) is 12.5. The highest BCUT2D eigenvalue weighted by atomic mass is 79.9. The van der Waals surface area contributed by atoms with Gasteiger partial charge in [0.25, 0.3) is 17.7 Å². The van der Waals surface area contributed by atoms with Crippen LogP contribution in [-0.2, 0) is 29.6 Å². The number of hydrogen-bond donors (Lipinski definition) is 0. The monoisotopic (exact) mass is 1190 g/mol. The number of likely N-dealkylation sites (N-methyl/N-ethyl adjacent to an activating group) is 1. The molecule has 0 spiro atoms. The number of carbonyl (C=O) groups is 6. The average molecular weight is 1200 g/mol. The molecule has 1 fully saturated rings. The van der Waals surface area contributed by atoms with Crippen molar-refractivity contribution in [2.75, 3.05) is 29.9 Å². The molecular weight excluding hydrogens is 1140 g/mol. The number of fused-ring (bicyclic) bond motifs is 10. The number of anilines is 2. The van der Waals surface area contributed by atoms with Crippen LogP contribution in [-0.4, -0.2) is 90.4 Å². The zero-order valence-electron chi connectivity index (χ0n) is 45.8. The summed E-state index contributed by atoms with van der Waals surface area (Å²) in [6.07, 6.45) is 6.36. The van der Waals surface area contributed by atoms with Gasteiger partial charge in [-0.25, -0.2) is 19.7 Å². The minimum Gasteiger partial charge on any atom is -0.464 e. The lowest BCUT2D eigenvalue weighted by molar-refractivity contribution is -0.161. The molecule has 2 unspecified atom stereocenters. The van der Waals surface area contributed by atoms with Crippen LogP contribution in [0.2, 0.25) is 10.2 Å². The van der Waals surface area contributed by atoms with E-state index >= 15 is 0 Å². The van der Waals surface area contributed by atoms with Gasteiger partial charge in [0.2, 0.25) is 11.6 Å². The Morgan fingerprint density at radius 2 is 1.62 bits per heavy atom. The summed E-state index contributed by atoms with van der Waals surface area (Å²) in [5, 5.41) is 1.69. The van der Waals surface area contributed by atoms with E-state index in [1.165, 1.54) is 11.0 Å². The first-order valence-corrected chi connectivity index (χ1v) is 28.3. The summed E-state index contributed by atoms with van der Waals surface area (Å²) in [5.41, 5.74) is 4.55. The van der Waals surface area contributed by atoms with Crippen molar-refractivity contribution in [1.82, 2.24) is 29.3 Å². The number of imidazole rings is 1. The van der Waals surface area contributed by atoms with Crippen LogP contribution in [0.1, 0.15) is 139 Å². The Kier molecular flexibility index (Phi) is 15.8. The van der Waals surface area contributed by atoms with E-state index in [1.54, 1.807) is 66.5 Å². The lowest BCUT2D eigenvalue weighted by Gasteiger charge is -2.45. The number of halogens is 3. The molecule has 3 aromatic heterocycles. The van der Waals surface area contributed by atoms with Gasteiger partial charge in [-0.05, 0) is 135 Å². The highest BCUT2D eigenvalue weighted by Gasteiger charge is 2.52. The number of esters is 1. The number of aromatic nitrogens is 4. The second kappa shape index (κ2) is 22.7. The normalized spacial score (nSPS) is 18.9. The van der Waals surface area contributed by atoms with E-state index in [0.717, 1.165) is 51.6 Å². The number of pyridine rings is 2. The van der Waals surface area contributed by atoms with Crippen molar-refractivity contribution in [1.29, 1.82) is 0 Å². The number of rotatable bonds is 8. The van der Waals surface area contributed by atoms with E-state index in [4.69, 9.17) is 32.7 Å². The number of allylic oxidation sites excluding steroid dienone is 1. The fourth-order valence-electron chi connectivity index (χ4n) is 11.0. The number of ether oxygens (including phenoxy) is 2. The summed E-state index contributed by atoms with van der Waals surface area (Å²) in [5.74, 6) is 0.497. The van der Waals surface area contributed by atoms with Crippen LogP contribution in [0.15, 0.2) is 138 Å². The Morgan fingerprint density at radius 1 is 0.877 bits per heavy atom. The van der Waals surface area contributed by atoms with Gasteiger partial charge in [-0.1, -0.05) is 91.6 Å². The Bertz CT molecular complexity index is 3710. The van der Waals surface area contributed by atoms with E-state index in [2.05, 4.69) is 44.7 Å². The van der Waals surface area contributed by atoms with Gasteiger partial charge in [-0.3, -0.25) is 38.3 Å².